The number of anilines is 1. The summed E-state index contributed by atoms with van der Waals surface area (Å²) in [7, 11) is 1.32. The first-order valence-electron chi connectivity index (χ1n) is 5.07. The highest BCUT2D eigenvalue weighted by molar-refractivity contribution is 6.00. The van der Waals surface area contributed by atoms with Crippen LogP contribution in [0, 0.1) is 0 Å². The molecular formula is C12H15NO3. The highest BCUT2D eigenvalue weighted by atomic mass is 16.5. The van der Waals surface area contributed by atoms with Gasteiger partial charge in [0.05, 0.1) is 18.4 Å². The van der Waals surface area contributed by atoms with Crippen LogP contribution >= 0.6 is 0 Å². The SMILES string of the molecule is CCc1ccc(NC(C)=O)c(C(=O)OC)c1. The van der Waals surface area contributed by atoms with E-state index in [1.807, 2.05) is 13.0 Å². The van der Waals surface area contributed by atoms with Crippen molar-refractivity contribution in [1.29, 1.82) is 0 Å². The molecule has 0 fully saturated rings. The molecule has 0 saturated carbocycles. The van der Waals surface area contributed by atoms with E-state index in [1.165, 1.54) is 14.0 Å². The van der Waals surface area contributed by atoms with Crippen LogP contribution in [0.25, 0.3) is 0 Å². The lowest BCUT2D eigenvalue weighted by atomic mass is 10.1. The second-order valence-electron chi connectivity index (χ2n) is 3.41. The summed E-state index contributed by atoms with van der Waals surface area (Å²) in [5.41, 5.74) is 1.89. The molecule has 0 heterocycles. The quantitative estimate of drug-likeness (QED) is 0.794. The molecule has 0 atom stereocenters. The fourth-order valence-corrected chi connectivity index (χ4v) is 1.39. The third-order valence-electron chi connectivity index (χ3n) is 2.21. The first kappa shape index (κ1) is 12.2. The number of rotatable bonds is 3. The van der Waals surface area contributed by atoms with Crippen LogP contribution in [0.2, 0.25) is 0 Å². The van der Waals surface area contributed by atoms with E-state index in [0.29, 0.717) is 11.3 Å². The Morgan fingerprint density at radius 2 is 2.06 bits per heavy atom. The predicted molar refractivity (Wildman–Crippen MR) is 61.5 cm³/mol. The van der Waals surface area contributed by atoms with Gasteiger partial charge in [-0.3, -0.25) is 4.79 Å². The number of hydrogen-bond acceptors (Lipinski definition) is 3. The highest BCUT2D eigenvalue weighted by Gasteiger charge is 2.13. The number of benzene rings is 1. The molecule has 1 aromatic carbocycles. The van der Waals surface area contributed by atoms with Crippen LogP contribution in [0.4, 0.5) is 5.69 Å². The molecule has 1 amide bonds. The van der Waals surface area contributed by atoms with Crippen molar-refractivity contribution in [3.8, 4) is 0 Å². The third-order valence-corrected chi connectivity index (χ3v) is 2.21. The molecule has 1 aromatic rings. The molecule has 4 heteroatoms. The third kappa shape index (κ3) is 2.82. The van der Waals surface area contributed by atoms with Gasteiger partial charge in [0.15, 0.2) is 0 Å². The van der Waals surface area contributed by atoms with Crippen LogP contribution in [0.3, 0.4) is 0 Å². The normalized spacial score (nSPS) is 9.69. The number of amides is 1. The number of carbonyl (C=O) groups is 2. The molecule has 0 radical (unpaired) electrons. The van der Waals surface area contributed by atoms with Crippen LogP contribution in [-0.2, 0) is 16.0 Å². The molecule has 0 spiro atoms. The zero-order valence-electron chi connectivity index (χ0n) is 9.66. The second-order valence-corrected chi connectivity index (χ2v) is 3.41. The fraction of sp³-hybridized carbons (Fsp3) is 0.333. The average Bonchev–Trinajstić information content (AvgIpc) is 2.28. The largest absolute Gasteiger partial charge is 0.465 e. The molecule has 86 valence electrons. The molecular weight excluding hydrogens is 206 g/mol. The maximum atomic E-state index is 11.5. The molecule has 4 nitrogen and oxygen atoms in total. The minimum atomic E-state index is -0.445. The van der Waals surface area contributed by atoms with Gasteiger partial charge in [0, 0.05) is 6.92 Å². The number of aryl methyl sites for hydroxylation is 1. The van der Waals surface area contributed by atoms with Gasteiger partial charge < -0.3 is 10.1 Å². The maximum absolute atomic E-state index is 11.5. The van der Waals surface area contributed by atoms with Crippen LogP contribution in [0.15, 0.2) is 18.2 Å². The lowest BCUT2D eigenvalue weighted by molar-refractivity contribution is -0.114. The summed E-state index contributed by atoms with van der Waals surface area (Å²) in [6.45, 7) is 3.39. The van der Waals surface area contributed by atoms with Gasteiger partial charge >= 0.3 is 5.97 Å². The first-order valence-corrected chi connectivity index (χ1v) is 5.07. The van der Waals surface area contributed by atoms with Crippen molar-refractivity contribution < 1.29 is 14.3 Å². The number of ether oxygens (including phenoxy) is 1. The maximum Gasteiger partial charge on any atom is 0.339 e. The summed E-state index contributed by atoms with van der Waals surface area (Å²) in [5, 5.41) is 2.60. The average molecular weight is 221 g/mol. The molecule has 0 bridgehead atoms. The van der Waals surface area contributed by atoms with Crippen LogP contribution in [0.1, 0.15) is 29.8 Å². The predicted octanol–water partition coefficient (Wildman–Crippen LogP) is 1.99. The Bertz CT molecular complexity index is 413. The zero-order chi connectivity index (χ0) is 12.1. The summed E-state index contributed by atoms with van der Waals surface area (Å²) >= 11 is 0. The minimum absolute atomic E-state index is 0.214. The monoisotopic (exact) mass is 221 g/mol. The Balaban J connectivity index is 3.15. The van der Waals surface area contributed by atoms with E-state index in [4.69, 9.17) is 0 Å². The Labute approximate surface area is 94.6 Å². The molecule has 0 aliphatic rings. The van der Waals surface area contributed by atoms with Crippen molar-refractivity contribution in [2.24, 2.45) is 0 Å². The van der Waals surface area contributed by atoms with Crippen molar-refractivity contribution in [2.75, 3.05) is 12.4 Å². The van der Waals surface area contributed by atoms with Crippen LogP contribution in [0.5, 0.6) is 0 Å². The van der Waals surface area contributed by atoms with Crippen molar-refractivity contribution in [2.45, 2.75) is 20.3 Å². The van der Waals surface area contributed by atoms with Crippen molar-refractivity contribution >= 4 is 17.6 Å². The summed E-state index contributed by atoms with van der Waals surface area (Å²) in [6, 6.07) is 5.32. The molecule has 0 aromatic heterocycles. The summed E-state index contributed by atoms with van der Waals surface area (Å²) < 4.78 is 4.67. The summed E-state index contributed by atoms with van der Waals surface area (Å²) in [6.07, 6.45) is 0.824. The van der Waals surface area contributed by atoms with Gasteiger partial charge in [-0.05, 0) is 24.1 Å². The number of carbonyl (C=O) groups excluding carboxylic acids is 2. The molecule has 0 aliphatic carbocycles. The van der Waals surface area contributed by atoms with E-state index >= 15 is 0 Å². The second kappa shape index (κ2) is 5.30. The number of hydrogen-bond donors (Lipinski definition) is 1. The van der Waals surface area contributed by atoms with Gasteiger partial charge in [0.2, 0.25) is 5.91 Å². The number of esters is 1. The molecule has 1 rings (SSSR count). The standard InChI is InChI=1S/C12H15NO3/c1-4-9-5-6-11(13-8(2)14)10(7-9)12(15)16-3/h5-7H,4H2,1-3H3,(H,13,14). The van der Waals surface area contributed by atoms with Gasteiger partial charge in [-0.2, -0.15) is 0 Å². The molecule has 16 heavy (non-hydrogen) atoms. The van der Waals surface area contributed by atoms with E-state index in [9.17, 15) is 9.59 Å². The van der Waals surface area contributed by atoms with Gasteiger partial charge in [-0.1, -0.05) is 13.0 Å². The van der Waals surface area contributed by atoms with E-state index in [0.717, 1.165) is 12.0 Å². The lowest BCUT2D eigenvalue weighted by Crippen LogP contribution is -2.12. The zero-order valence-corrected chi connectivity index (χ0v) is 9.66. The van der Waals surface area contributed by atoms with Crippen LogP contribution in [-0.4, -0.2) is 19.0 Å². The minimum Gasteiger partial charge on any atom is -0.465 e. The van der Waals surface area contributed by atoms with Gasteiger partial charge in [0.1, 0.15) is 0 Å². The van der Waals surface area contributed by atoms with E-state index < -0.39 is 5.97 Å². The fourth-order valence-electron chi connectivity index (χ4n) is 1.39. The lowest BCUT2D eigenvalue weighted by Gasteiger charge is -2.09. The molecule has 1 N–H and O–H groups in total. The Kier molecular flexibility index (Phi) is 4.05. The van der Waals surface area contributed by atoms with E-state index in [2.05, 4.69) is 10.1 Å². The Hall–Kier alpha value is -1.84. The van der Waals surface area contributed by atoms with E-state index in [-0.39, 0.29) is 5.91 Å². The Morgan fingerprint density at radius 3 is 2.56 bits per heavy atom. The smallest absolute Gasteiger partial charge is 0.339 e. The number of methoxy groups -OCH3 is 1. The molecule has 0 saturated heterocycles. The number of nitrogens with one attached hydrogen (secondary N) is 1. The van der Waals surface area contributed by atoms with Gasteiger partial charge in [0.25, 0.3) is 0 Å². The van der Waals surface area contributed by atoms with Crippen molar-refractivity contribution in [1.82, 2.24) is 0 Å². The van der Waals surface area contributed by atoms with Crippen LogP contribution < -0.4 is 5.32 Å². The van der Waals surface area contributed by atoms with Crippen molar-refractivity contribution in [3.63, 3.8) is 0 Å². The molecule has 0 unspecified atom stereocenters. The first-order chi connectivity index (χ1) is 7.58. The highest BCUT2D eigenvalue weighted by Crippen LogP contribution is 2.19. The van der Waals surface area contributed by atoms with Crippen molar-refractivity contribution in [3.05, 3.63) is 29.3 Å². The topological polar surface area (TPSA) is 55.4 Å². The summed E-state index contributed by atoms with van der Waals surface area (Å²) in [5.74, 6) is -0.659. The van der Waals surface area contributed by atoms with E-state index in [1.54, 1.807) is 12.1 Å². The summed E-state index contributed by atoms with van der Waals surface area (Å²) in [4.78, 5) is 22.5. The van der Waals surface area contributed by atoms with Gasteiger partial charge in [-0.15, -0.1) is 0 Å². The molecule has 0 aliphatic heterocycles. The van der Waals surface area contributed by atoms with Gasteiger partial charge in [-0.25, -0.2) is 4.79 Å². The Morgan fingerprint density at radius 1 is 1.38 bits per heavy atom.